The lowest BCUT2D eigenvalue weighted by atomic mass is 9.90. The molecule has 5 heteroatoms. The number of benzene rings is 2. The zero-order valence-electron chi connectivity index (χ0n) is 13.5. The maximum atomic E-state index is 12.8. The third-order valence-electron chi connectivity index (χ3n) is 4.79. The molecule has 4 nitrogen and oxygen atoms in total. The number of nitrogens with zero attached hydrogens (tertiary/aromatic N) is 1. The van der Waals surface area contributed by atoms with E-state index in [1.807, 2.05) is 17.0 Å². The number of hydrogen-bond acceptors (Lipinski definition) is 3. The van der Waals surface area contributed by atoms with Crippen molar-refractivity contribution < 1.29 is 9.59 Å². The van der Waals surface area contributed by atoms with Crippen LogP contribution < -0.4 is 5.32 Å². The Hall–Kier alpha value is -2.59. The number of carbonyl (C=O) groups is 2. The lowest BCUT2D eigenvalue weighted by Crippen LogP contribution is -2.51. The fraction of sp³-hybridized carbons (Fsp3) is 0.200. The first-order valence-electron chi connectivity index (χ1n) is 8.28. The average Bonchev–Trinajstić information content (AvgIpc) is 2.64. The van der Waals surface area contributed by atoms with Gasteiger partial charge in [0.15, 0.2) is 5.78 Å². The van der Waals surface area contributed by atoms with E-state index in [1.54, 1.807) is 24.3 Å². The van der Waals surface area contributed by atoms with Gasteiger partial charge in [-0.15, -0.1) is 0 Å². The fourth-order valence-corrected chi connectivity index (χ4v) is 3.62. The van der Waals surface area contributed by atoms with Crippen molar-refractivity contribution in [2.24, 2.45) is 0 Å². The minimum atomic E-state index is -0.205. The van der Waals surface area contributed by atoms with E-state index in [2.05, 4.69) is 17.4 Å². The molecule has 1 amide bonds. The second-order valence-electron chi connectivity index (χ2n) is 6.27. The average molecular weight is 353 g/mol. The molecule has 0 aliphatic carbocycles. The third-order valence-corrected chi connectivity index (χ3v) is 5.05. The Bertz CT molecular complexity index is 874. The van der Waals surface area contributed by atoms with E-state index in [4.69, 9.17) is 11.6 Å². The first-order chi connectivity index (χ1) is 12.1. The maximum Gasteiger partial charge on any atom is 0.270 e. The summed E-state index contributed by atoms with van der Waals surface area (Å²) >= 11 is 5.85. The number of carbonyl (C=O) groups excluding carboxylic acids is 2. The van der Waals surface area contributed by atoms with Crippen LogP contribution in [0.5, 0.6) is 0 Å². The molecule has 1 saturated heterocycles. The van der Waals surface area contributed by atoms with E-state index in [9.17, 15) is 9.59 Å². The van der Waals surface area contributed by atoms with Crippen molar-refractivity contribution in [1.82, 2.24) is 10.2 Å². The van der Waals surface area contributed by atoms with Gasteiger partial charge in [-0.05, 0) is 41.8 Å². The summed E-state index contributed by atoms with van der Waals surface area (Å²) in [6.45, 7) is 1.29. The van der Waals surface area contributed by atoms with Crippen molar-refractivity contribution in [2.75, 3.05) is 13.1 Å². The van der Waals surface area contributed by atoms with Crippen LogP contribution in [-0.2, 0) is 11.2 Å². The van der Waals surface area contributed by atoms with E-state index < -0.39 is 0 Å². The topological polar surface area (TPSA) is 49.4 Å². The third kappa shape index (κ3) is 2.94. The van der Waals surface area contributed by atoms with Crippen LogP contribution in [0, 0.1) is 0 Å². The van der Waals surface area contributed by atoms with Crippen LogP contribution in [0.3, 0.4) is 0 Å². The van der Waals surface area contributed by atoms with Crippen LogP contribution in [0.1, 0.15) is 27.5 Å². The molecule has 0 radical (unpaired) electrons. The number of amides is 1. The van der Waals surface area contributed by atoms with Crippen LogP contribution in [0.15, 0.2) is 60.3 Å². The first kappa shape index (κ1) is 15.9. The van der Waals surface area contributed by atoms with E-state index in [0.29, 0.717) is 29.4 Å². The van der Waals surface area contributed by atoms with Gasteiger partial charge >= 0.3 is 0 Å². The van der Waals surface area contributed by atoms with Crippen LogP contribution in [0.25, 0.3) is 0 Å². The number of allylic oxidation sites excluding steroid dienone is 1. The lowest BCUT2D eigenvalue weighted by molar-refractivity contribution is -0.132. The molecule has 25 heavy (non-hydrogen) atoms. The normalized spacial score (nSPS) is 20.7. The number of fused-ring (bicyclic) bond motifs is 3. The quantitative estimate of drug-likeness (QED) is 0.667. The number of nitrogens with one attached hydrogen (secondary N) is 1. The van der Waals surface area contributed by atoms with E-state index in [-0.39, 0.29) is 17.7 Å². The van der Waals surface area contributed by atoms with Gasteiger partial charge in [-0.2, -0.15) is 0 Å². The SMILES string of the molecule is O=C(C=C1NC[C@H]2c3ccccc3CCN2C1=O)c1ccc(Cl)cc1. The molecule has 2 aromatic rings. The predicted molar refractivity (Wildman–Crippen MR) is 96.5 cm³/mol. The molecule has 0 unspecified atom stereocenters. The summed E-state index contributed by atoms with van der Waals surface area (Å²) in [7, 11) is 0. The molecule has 1 atom stereocenters. The number of ketones is 1. The van der Waals surface area contributed by atoms with Crippen LogP contribution >= 0.6 is 11.6 Å². The summed E-state index contributed by atoms with van der Waals surface area (Å²) in [5.41, 5.74) is 3.36. The van der Waals surface area contributed by atoms with Gasteiger partial charge in [0.2, 0.25) is 0 Å². The standard InChI is InChI=1S/C20H17ClN2O2/c21-15-7-5-14(6-8-15)19(24)11-17-20(25)23-10-9-13-3-1-2-4-16(13)18(23)12-22-17/h1-8,11,18,22H,9-10,12H2/t18-/m0/s1. The highest BCUT2D eigenvalue weighted by molar-refractivity contribution is 6.30. The van der Waals surface area contributed by atoms with Gasteiger partial charge in [-0.3, -0.25) is 9.59 Å². The first-order valence-corrected chi connectivity index (χ1v) is 8.65. The largest absolute Gasteiger partial charge is 0.378 e. The van der Waals surface area contributed by atoms with E-state index >= 15 is 0 Å². The molecule has 0 saturated carbocycles. The Morgan fingerprint density at radius 3 is 2.72 bits per heavy atom. The molecule has 2 heterocycles. The summed E-state index contributed by atoms with van der Waals surface area (Å²) in [5.74, 6) is -0.323. The number of hydrogen-bond donors (Lipinski definition) is 1. The molecule has 0 bridgehead atoms. The van der Waals surface area contributed by atoms with Gasteiger partial charge in [0.05, 0.1) is 6.04 Å². The van der Waals surface area contributed by atoms with Crippen molar-refractivity contribution in [3.8, 4) is 0 Å². The Labute approximate surface area is 151 Å². The molecule has 1 N–H and O–H groups in total. The molecular weight excluding hydrogens is 336 g/mol. The lowest BCUT2D eigenvalue weighted by Gasteiger charge is -2.41. The Kier molecular flexibility index (Phi) is 4.06. The molecule has 2 aliphatic rings. The maximum absolute atomic E-state index is 12.8. The molecule has 126 valence electrons. The molecule has 0 aromatic heterocycles. The van der Waals surface area contributed by atoms with E-state index in [1.165, 1.54) is 17.2 Å². The number of piperazine rings is 1. The summed E-state index contributed by atoms with van der Waals surface area (Å²) in [6, 6.07) is 14.9. The Balaban J connectivity index is 1.58. The number of halogens is 1. The van der Waals surface area contributed by atoms with Crippen molar-refractivity contribution in [2.45, 2.75) is 12.5 Å². The van der Waals surface area contributed by atoms with Crippen molar-refractivity contribution >= 4 is 23.3 Å². The second kappa shape index (κ2) is 6.37. The summed E-state index contributed by atoms with van der Waals surface area (Å²) in [5, 5.41) is 3.72. The highest BCUT2D eigenvalue weighted by atomic mass is 35.5. The predicted octanol–water partition coefficient (Wildman–Crippen LogP) is 3.14. The summed E-state index contributed by atoms with van der Waals surface area (Å²) < 4.78 is 0. The highest BCUT2D eigenvalue weighted by Crippen LogP contribution is 2.32. The fourth-order valence-electron chi connectivity index (χ4n) is 3.49. The molecule has 4 rings (SSSR count). The molecule has 2 aromatic carbocycles. The molecular formula is C20H17ClN2O2. The summed E-state index contributed by atoms with van der Waals surface area (Å²) in [6.07, 6.45) is 2.24. The van der Waals surface area contributed by atoms with Crippen molar-refractivity contribution in [1.29, 1.82) is 0 Å². The monoisotopic (exact) mass is 352 g/mol. The van der Waals surface area contributed by atoms with E-state index in [0.717, 1.165) is 6.42 Å². The molecule has 1 fully saturated rings. The van der Waals surface area contributed by atoms with Crippen molar-refractivity contribution in [3.05, 3.63) is 82.0 Å². The van der Waals surface area contributed by atoms with Crippen LogP contribution in [0.4, 0.5) is 0 Å². The molecule has 2 aliphatic heterocycles. The zero-order chi connectivity index (χ0) is 17.4. The van der Waals surface area contributed by atoms with Crippen LogP contribution in [0.2, 0.25) is 5.02 Å². The van der Waals surface area contributed by atoms with Gasteiger partial charge in [0.1, 0.15) is 5.70 Å². The highest BCUT2D eigenvalue weighted by Gasteiger charge is 2.36. The minimum Gasteiger partial charge on any atom is -0.378 e. The molecule has 0 spiro atoms. The van der Waals surface area contributed by atoms with Gasteiger partial charge < -0.3 is 10.2 Å². The van der Waals surface area contributed by atoms with Crippen LogP contribution in [-0.4, -0.2) is 29.7 Å². The van der Waals surface area contributed by atoms with Gasteiger partial charge in [0, 0.05) is 29.8 Å². The minimum absolute atomic E-state index is 0.0280. The van der Waals surface area contributed by atoms with Crippen molar-refractivity contribution in [3.63, 3.8) is 0 Å². The van der Waals surface area contributed by atoms with Gasteiger partial charge in [0.25, 0.3) is 5.91 Å². The van der Waals surface area contributed by atoms with Gasteiger partial charge in [-0.25, -0.2) is 0 Å². The Morgan fingerprint density at radius 1 is 1.16 bits per heavy atom. The smallest absolute Gasteiger partial charge is 0.270 e. The van der Waals surface area contributed by atoms with Gasteiger partial charge in [-0.1, -0.05) is 35.9 Å². The zero-order valence-corrected chi connectivity index (χ0v) is 14.3. The second-order valence-corrected chi connectivity index (χ2v) is 6.71. The Morgan fingerprint density at radius 2 is 1.92 bits per heavy atom. The number of rotatable bonds is 2. The summed E-state index contributed by atoms with van der Waals surface area (Å²) in [4.78, 5) is 27.1.